The standard InChI is InChI=1S/C28H32NO/c1-18-6-8-22-23-9-7-19(2)26(27(23)30-25(22)16-18)24-17-21(12-15-29(24)5)20-10-13-28(3,4)14-11-20/h6-9,12,15-17,20H,10-11,13-14H2,1-5H3/q+1. The molecule has 154 valence electrons. The van der Waals surface area contributed by atoms with E-state index in [9.17, 15) is 0 Å². The maximum absolute atomic E-state index is 6.45. The normalized spacial score (nSPS) is 17.1. The van der Waals surface area contributed by atoms with Gasteiger partial charge < -0.3 is 4.42 Å². The predicted molar refractivity (Wildman–Crippen MR) is 125 cm³/mol. The number of hydrogen-bond acceptors (Lipinski definition) is 1. The average molecular weight is 399 g/mol. The molecular weight excluding hydrogens is 366 g/mol. The topological polar surface area (TPSA) is 17.0 Å². The molecule has 0 N–H and O–H groups in total. The van der Waals surface area contributed by atoms with Crippen LogP contribution >= 0.6 is 0 Å². The van der Waals surface area contributed by atoms with Gasteiger partial charge in [0.25, 0.3) is 0 Å². The summed E-state index contributed by atoms with van der Waals surface area (Å²) in [5.74, 6) is 0.663. The summed E-state index contributed by atoms with van der Waals surface area (Å²) in [6.45, 7) is 9.14. The van der Waals surface area contributed by atoms with Gasteiger partial charge in [0.2, 0.25) is 5.69 Å². The van der Waals surface area contributed by atoms with Crippen molar-refractivity contribution in [1.82, 2.24) is 0 Å². The third-order valence-corrected chi connectivity index (χ3v) is 7.25. The number of hydrogen-bond donors (Lipinski definition) is 0. The predicted octanol–water partition coefficient (Wildman–Crippen LogP) is 7.38. The Morgan fingerprint density at radius 1 is 0.933 bits per heavy atom. The monoisotopic (exact) mass is 398 g/mol. The van der Waals surface area contributed by atoms with Gasteiger partial charge in [0.1, 0.15) is 18.2 Å². The molecular formula is C28H32NO+. The lowest BCUT2D eigenvalue weighted by Crippen LogP contribution is -2.31. The Balaban J connectivity index is 1.66. The molecule has 5 rings (SSSR count). The van der Waals surface area contributed by atoms with Gasteiger partial charge in [0.05, 0.1) is 5.56 Å². The third kappa shape index (κ3) is 3.23. The first-order chi connectivity index (χ1) is 14.3. The molecule has 1 aliphatic carbocycles. The zero-order chi connectivity index (χ0) is 21.0. The number of benzene rings is 2. The Bertz CT molecular complexity index is 1250. The van der Waals surface area contributed by atoms with Gasteiger partial charge in [-0.25, -0.2) is 4.57 Å². The van der Waals surface area contributed by atoms with E-state index in [1.807, 2.05) is 0 Å². The molecule has 0 bridgehead atoms. The maximum atomic E-state index is 6.45. The molecule has 0 atom stereocenters. The van der Waals surface area contributed by atoms with E-state index in [1.54, 1.807) is 0 Å². The molecule has 1 fully saturated rings. The molecule has 4 aromatic rings. The lowest BCUT2D eigenvalue weighted by molar-refractivity contribution is -0.660. The van der Waals surface area contributed by atoms with Crippen LogP contribution in [-0.4, -0.2) is 0 Å². The first-order valence-electron chi connectivity index (χ1n) is 11.2. The van der Waals surface area contributed by atoms with Crippen LogP contribution in [0.3, 0.4) is 0 Å². The number of furan rings is 1. The summed E-state index contributed by atoms with van der Waals surface area (Å²) in [4.78, 5) is 0. The van der Waals surface area contributed by atoms with E-state index in [2.05, 4.69) is 88.0 Å². The summed E-state index contributed by atoms with van der Waals surface area (Å²) < 4.78 is 8.70. The number of nitrogens with zero attached hydrogens (tertiary/aromatic N) is 1. The van der Waals surface area contributed by atoms with Crippen LogP contribution in [0.2, 0.25) is 0 Å². The van der Waals surface area contributed by atoms with Crippen LogP contribution in [0.1, 0.15) is 62.1 Å². The van der Waals surface area contributed by atoms with Crippen molar-refractivity contribution >= 4 is 21.9 Å². The van der Waals surface area contributed by atoms with Crippen LogP contribution in [0.25, 0.3) is 33.2 Å². The van der Waals surface area contributed by atoms with Gasteiger partial charge in [-0.05, 0) is 73.6 Å². The fourth-order valence-corrected chi connectivity index (χ4v) is 5.19. The Labute approximate surface area is 179 Å². The van der Waals surface area contributed by atoms with Crippen LogP contribution in [0, 0.1) is 19.3 Å². The summed E-state index contributed by atoms with van der Waals surface area (Å²) in [5, 5.41) is 2.40. The molecule has 0 radical (unpaired) electrons. The lowest BCUT2D eigenvalue weighted by Gasteiger charge is -2.34. The van der Waals surface area contributed by atoms with Crippen molar-refractivity contribution in [1.29, 1.82) is 0 Å². The highest BCUT2D eigenvalue weighted by Crippen LogP contribution is 2.43. The van der Waals surface area contributed by atoms with Gasteiger partial charge in [-0.1, -0.05) is 38.1 Å². The summed E-state index contributed by atoms with van der Waals surface area (Å²) >= 11 is 0. The summed E-state index contributed by atoms with van der Waals surface area (Å²) in [5.41, 5.74) is 8.91. The molecule has 1 aliphatic rings. The second kappa shape index (κ2) is 6.97. The van der Waals surface area contributed by atoms with Crippen molar-refractivity contribution < 1.29 is 8.98 Å². The number of pyridine rings is 1. The Morgan fingerprint density at radius 3 is 2.43 bits per heavy atom. The molecule has 0 unspecified atom stereocenters. The quantitative estimate of drug-likeness (QED) is 0.322. The molecule has 2 heteroatoms. The number of rotatable bonds is 2. The van der Waals surface area contributed by atoms with E-state index >= 15 is 0 Å². The van der Waals surface area contributed by atoms with Crippen molar-refractivity contribution in [2.75, 3.05) is 0 Å². The zero-order valence-corrected chi connectivity index (χ0v) is 18.9. The largest absolute Gasteiger partial charge is 0.455 e. The van der Waals surface area contributed by atoms with E-state index < -0.39 is 0 Å². The molecule has 2 aromatic carbocycles. The molecule has 0 spiro atoms. The average Bonchev–Trinajstić information content (AvgIpc) is 3.06. The minimum absolute atomic E-state index is 0.493. The van der Waals surface area contributed by atoms with Crippen LogP contribution in [-0.2, 0) is 7.05 Å². The van der Waals surface area contributed by atoms with Gasteiger partial charge in [0.15, 0.2) is 6.20 Å². The fourth-order valence-electron chi connectivity index (χ4n) is 5.19. The van der Waals surface area contributed by atoms with E-state index in [0.717, 1.165) is 11.2 Å². The molecule has 2 heterocycles. The number of fused-ring (bicyclic) bond motifs is 3. The molecule has 0 aliphatic heterocycles. The summed E-state index contributed by atoms with van der Waals surface area (Å²) in [6, 6.07) is 15.7. The molecule has 30 heavy (non-hydrogen) atoms. The Morgan fingerprint density at radius 2 is 1.67 bits per heavy atom. The van der Waals surface area contributed by atoms with E-state index in [4.69, 9.17) is 4.42 Å². The summed E-state index contributed by atoms with van der Waals surface area (Å²) in [6.07, 6.45) is 7.42. The van der Waals surface area contributed by atoms with E-state index in [-0.39, 0.29) is 0 Å². The second-order valence-electron chi connectivity index (χ2n) is 10.1. The Kier molecular flexibility index (Phi) is 4.50. The van der Waals surface area contributed by atoms with E-state index in [0.29, 0.717) is 11.3 Å². The second-order valence-corrected chi connectivity index (χ2v) is 10.1. The molecule has 2 aromatic heterocycles. The van der Waals surface area contributed by atoms with Gasteiger partial charge in [-0.15, -0.1) is 0 Å². The van der Waals surface area contributed by atoms with Crippen molar-refractivity contribution in [3.05, 3.63) is 65.4 Å². The van der Waals surface area contributed by atoms with Crippen molar-refractivity contribution in [2.24, 2.45) is 12.5 Å². The zero-order valence-electron chi connectivity index (χ0n) is 18.9. The minimum atomic E-state index is 0.493. The minimum Gasteiger partial charge on any atom is -0.455 e. The fraction of sp³-hybridized carbons (Fsp3) is 0.393. The summed E-state index contributed by atoms with van der Waals surface area (Å²) in [7, 11) is 2.15. The van der Waals surface area contributed by atoms with Gasteiger partial charge in [-0.3, -0.25) is 0 Å². The van der Waals surface area contributed by atoms with Crippen LogP contribution in [0.15, 0.2) is 53.1 Å². The highest BCUT2D eigenvalue weighted by Gasteiger charge is 2.29. The number of aromatic nitrogens is 1. The van der Waals surface area contributed by atoms with Crippen molar-refractivity contribution in [3.8, 4) is 11.3 Å². The first-order valence-corrected chi connectivity index (χ1v) is 11.2. The number of aryl methyl sites for hydroxylation is 3. The van der Waals surface area contributed by atoms with E-state index in [1.165, 1.54) is 64.4 Å². The Hall–Kier alpha value is -2.61. The maximum Gasteiger partial charge on any atom is 0.216 e. The van der Waals surface area contributed by atoms with Gasteiger partial charge in [0, 0.05) is 22.9 Å². The van der Waals surface area contributed by atoms with Crippen LogP contribution < -0.4 is 4.57 Å². The third-order valence-electron chi connectivity index (χ3n) is 7.25. The van der Waals surface area contributed by atoms with Crippen LogP contribution in [0.5, 0.6) is 0 Å². The van der Waals surface area contributed by atoms with Gasteiger partial charge in [-0.2, -0.15) is 0 Å². The SMILES string of the molecule is Cc1ccc2c(c1)oc1c(-c3cc(C4CCC(C)(C)CC4)cc[n+]3C)c(C)ccc12. The highest BCUT2D eigenvalue weighted by atomic mass is 16.3. The molecule has 2 nitrogen and oxygen atoms in total. The van der Waals surface area contributed by atoms with Crippen molar-refractivity contribution in [3.63, 3.8) is 0 Å². The van der Waals surface area contributed by atoms with Gasteiger partial charge >= 0.3 is 0 Å². The molecule has 1 saturated carbocycles. The molecule has 0 amide bonds. The lowest BCUT2D eigenvalue weighted by atomic mass is 9.71. The smallest absolute Gasteiger partial charge is 0.216 e. The molecule has 0 saturated heterocycles. The van der Waals surface area contributed by atoms with Crippen LogP contribution in [0.4, 0.5) is 0 Å². The first kappa shape index (κ1) is 19.4. The van der Waals surface area contributed by atoms with Crippen molar-refractivity contribution in [2.45, 2.75) is 59.3 Å². The highest BCUT2D eigenvalue weighted by molar-refractivity contribution is 6.09.